The van der Waals surface area contributed by atoms with Gasteiger partial charge in [0, 0.05) is 11.0 Å². The molecule has 0 unspecified atom stereocenters. The van der Waals surface area contributed by atoms with Crippen molar-refractivity contribution in [2.75, 3.05) is 0 Å². The number of ether oxygens (including phenoxy) is 1. The highest BCUT2D eigenvalue weighted by Gasteiger charge is 2.11. The minimum atomic E-state index is 0.506. The maximum Gasteiger partial charge on any atom is 0.220 e. The van der Waals surface area contributed by atoms with Gasteiger partial charge >= 0.3 is 0 Å². The monoisotopic (exact) mass is 427 g/mol. The van der Waals surface area contributed by atoms with Crippen LogP contribution in [0.15, 0.2) is 94.2 Å². The largest absolute Gasteiger partial charge is 0.439 e. The molecule has 1 aliphatic rings. The average molecular weight is 428 g/mol. The standard InChI is InChI=1S/C28H29NOS/c1-21(2)22-12-15-25(16-13-22)29-28(18-19-31-27-10-4-3-5-11-27)30-26-17-14-23-8-6-7-9-24(23)20-26/h3-5,10-21H,6-9H2,1-2H3. The SMILES string of the molecule is CC(C)c1ccc(N=C(C=CSc2ccccc2)Oc2ccc3c(c2)CCCC3)cc1. The van der Waals surface area contributed by atoms with E-state index >= 15 is 0 Å². The van der Waals surface area contributed by atoms with Crippen LogP contribution in [0.4, 0.5) is 5.69 Å². The summed E-state index contributed by atoms with van der Waals surface area (Å²) in [6.07, 6.45) is 6.80. The van der Waals surface area contributed by atoms with Gasteiger partial charge in [-0.25, -0.2) is 4.99 Å². The Morgan fingerprint density at radius 1 is 0.903 bits per heavy atom. The first-order chi connectivity index (χ1) is 15.2. The van der Waals surface area contributed by atoms with E-state index in [1.807, 2.05) is 29.7 Å². The Bertz CT molecular complexity index is 1050. The molecule has 3 aromatic rings. The first-order valence-corrected chi connectivity index (χ1v) is 11.9. The fourth-order valence-electron chi connectivity index (χ4n) is 3.72. The third kappa shape index (κ3) is 6.11. The summed E-state index contributed by atoms with van der Waals surface area (Å²) in [5.41, 5.74) is 5.07. The molecule has 0 aromatic heterocycles. The highest BCUT2D eigenvalue weighted by atomic mass is 32.2. The topological polar surface area (TPSA) is 21.6 Å². The highest BCUT2D eigenvalue weighted by molar-refractivity contribution is 8.02. The smallest absolute Gasteiger partial charge is 0.220 e. The van der Waals surface area contributed by atoms with Gasteiger partial charge in [-0.15, -0.1) is 0 Å². The minimum Gasteiger partial charge on any atom is -0.439 e. The normalized spacial score (nSPS) is 14.1. The molecule has 0 amide bonds. The van der Waals surface area contributed by atoms with Crippen LogP contribution in [-0.4, -0.2) is 5.90 Å². The van der Waals surface area contributed by atoms with Gasteiger partial charge in [-0.2, -0.15) is 0 Å². The molecule has 1 aliphatic carbocycles. The molecular formula is C28H29NOS. The molecule has 0 bridgehead atoms. The van der Waals surface area contributed by atoms with Gasteiger partial charge in [-0.1, -0.05) is 62.0 Å². The number of aliphatic imine (C=N–C) groups is 1. The first-order valence-electron chi connectivity index (χ1n) is 11.0. The predicted octanol–water partition coefficient (Wildman–Crippen LogP) is 8.10. The molecule has 0 saturated heterocycles. The zero-order valence-corrected chi connectivity index (χ0v) is 19.1. The molecule has 0 radical (unpaired) electrons. The molecule has 3 heteroatoms. The summed E-state index contributed by atoms with van der Waals surface area (Å²) in [5, 5.41) is 2.04. The van der Waals surface area contributed by atoms with E-state index in [0.717, 1.165) is 17.9 Å². The van der Waals surface area contributed by atoms with E-state index in [2.05, 4.69) is 68.4 Å². The molecule has 0 heterocycles. The van der Waals surface area contributed by atoms with Crippen molar-refractivity contribution < 1.29 is 4.74 Å². The van der Waals surface area contributed by atoms with Crippen molar-refractivity contribution in [3.05, 3.63) is 101 Å². The lowest BCUT2D eigenvalue weighted by atomic mass is 9.92. The lowest BCUT2D eigenvalue weighted by molar-refractivity contribution is 0.552. The second kappa shape index (κ2) is 10.5. The predicted molar refractivity (Wildman–Crippen MR) is 133 cm³/mol. The van der Waals surface area contributed by atoms with E-state index in [1.165, 1.54) is 40.8 Å². The van der Waals surface area contributed by atoms with Crippen molar-refractivity contribution in [1.29, 1.82) is 0 Å². The molecule has 4 rings (SSSR count). The number of rotatable bonds is 6. The number of nitrogens with zero attached hydrogens (tertiary/aromatic N) is 1. The van der Waals surface area contributed by atoms with Crippen LogP contribution in [0.5, 0.6) is 5.75 Å². The van der Waals surface area contributed by atoms with E-state index in [0.29, 0.717) is 11.8 Å². The maximum absolute atomic E-state index is 6.25. The van der Waals surface area contributed by atoms with Crippen LogP contribution in [0.1, 0.15) is 49.3 Å². The Morgan fingerprint density at radius 3 is 2.39 bits per heavy atom. The maximum atomic E-state index is 6.25. The molecule has 0 N–H and O–H groups in total. The molecule has 2 nitrogen and oxygen atoms in total. The van der Waals surface area contributed by atoms with E-state index in [-0.39, 0.29) is 0 Å². The zero-order chi connectivity index (χ0) is 21.5. The molecule has 0 saturated carbocycles. The van der Waals surface area contributed by atoms with Crippen LogP contribution >= 0.6 is 11.8 Å². The number of hydrogen-bond donors (Lipinski definition) is 0. The van der Waals surface area contributed by atoms with Crippen molar-refractivity contribution in [3.63, 3.8) is 0 Å². The quantitative estimate of drug-likeness (QED) is 0.225. The van der Waals surface area contributed by atoms with Crippen LogP contribution in [-0.2, 0) is 12.8 Å². The molecule has 158 valence electrons. The number of hydrogen-bond acceptors (Lipinski definition) is 3. The average Bonchev–Trinajstić information content (AvgIpc) is 2.80. The van der Waals surface area contributed by atoms with Crippen molar-refractivity contribution >= 4 is 23.3 Å². The summed E-state index contributed by atoms with van der Waals surface area (Å²) < 4.78 is 6.25. The second-order valence-corrected chi connectivity index (χ2v) is 9.15. The van der Waals surface area contributed by atoms with Gasteiger partial charge in [-0.3, -0.25) is 0 Å². The van der Waals surface area contributed by atoms with Crippen molar-refractivity contribution in [2.24, 2.45) is 4.99 Å². The molecule has 0 fully saturated rings. The Hall–Kier alpha value is -2.78. The first kappa shape index (κ1) is 21.5. The molecule has 0 spiro atoms. The van der Waals surface area contributed by atoms with Gasteiger partial charge in [0.1, 0.15) is 5.75 Å². The number of benzene rings is 3. The number of thioether (sulfide) groups is 1. The fourth-order valence-corrected chi connectivity index (χ4v) is 4.37. The van der Waals surface area contributed by atoms with Gasteiger partial charge < -0.3 is 4.74 Å². The number of aryl methyl sites for hydroxylation is 2. The van der Waals surface area contributed by atoms with Crippen LogP contribution in [0.25, 0.3) is 0 Å². The summed E-state index contributed by atoms with van der Waals surface area (Å²) in [6.45, 7) is 4.40. The lowest BCUT2D eigenvalue weighted by Gasteiger charge is -2.16. The van der Waals surface area contributed by atoms with Gasteiger partial charge in [0.15, 0.2) is 0 Å². The Kier molecular flexibility index (Phi) is 7.26. The van der Waals surface area contributed by atoms with Crippen molar-refractivity contribution in [3.8, 4) is 5.75 Å². The van der Waals surface area contributed by atoms with Gasteiger partial charge in [0.05, 0.1) is 5.69 Å². The third-order valence-corrected chi connectivity index (χ3v) is 6.32. The Balaban J connectivity index is 1.57. The van der Waals surface area contributed by atoms with Crippen LogP contribution in [0, 0.1) is 0 Å². The van der Waals surface area contributed by atoms with Crippen LogP contribution in [0.2, 0.25) is 0 Å². The van der Waals surface area contributed by atoms with E-state index in [1.54, 1.807) is 11.8 Å². The van der Waals surface area contributed by atoms with Gasteiger partial charge in [0.2, 0.25) is 5.90 Å². The van der Waals surface area contributed by atoms with Gasteiger partial charge in [-0.05, 0) is 90.1 Å². The highest BCUT2D eigenvalue weighted by Crippen LogP contribution is 2.27. The summed E-state index contributed by atoms with van der Waals surface area (Å²) in [6, 6.07) is 25.2. The third-order valence-electron chi connectivity index (χ3n) is 5.50. The summed E-state index contributed by atoms with van der Waals surface area (Å²) >= 11 is 1.66. The summed E-state index contributed by atoms with van der Waals surface area (Å²) in [4.78, 5) is 5.98. The van der Waals surface area contributed by atoms with Crippen LogP contribution in [0.3, 0.4) is 0 Å². The van der Waals surface area contributed by atoms with E-state index in [9.17, 15) is 0 Å². The second-order valence-electron chi connectivity index (χ2n) is 8.17. The fraction of sp³-hybridized carbons (Fsp3) is 0.250. The van der Waals surface area contributed by atoms with Crippen molar-refractivity contribution in [1.82, 2.24) is 0 Å². The molecule has 3 aromatic carbocycles. The Morgan fingerprint density at radius 2 is 1.65 bits per heavy atom. The summed E-state index contributed by atoms with van der Waals surface area (Å²) in [5.74, 6) is 1.95. The molecule has 0 atom stereocenters. The molecule has 31 heavy (non-hydrogen) atoms. The van der Waals surface area contributed by atoms with Gasteiger partial charge in [0.25, 0.3) is 0 Å². The number of fused-ring (bicyclic) bond motifs is 1. The molecule has 0 aliphatic heterocycles. The van der Waals surface area contributed by atoms with Crippen molar-refractivity contribution in [2.45, 2.75) is 50.3 Å². The van der Waals surface area contributed by atoms with E-state index < -0.39 is 0 Å². The van der Waals surface area contributed by atoms with Crippen LogP contribution < -0.4 is 4.74 Å². The Labute approximate surface area is 190 Å². The molecular weight excluding hydrogens is 398 g/mol. The van der Waals surface area contributed by atoms with E-state index in [4.69, 9.17) is 9.73 Å². The summed E-state index contributed by atoms with van der Waals surface area (Å²) in [7, 11) is 0. The minimum absolute atomic E-state index is 0.506. The zero-order valence-electron chi connectivity index (χ0n) is 18.3. The lowest BCUT2D eigenvalue weighted by Crippen LogP contribution is -2.07.